The summed E-state index contributed by atoms with van der Waals surface area (Å²) in [6, 6.07) is 14.7. The number of methoxy groups -OCH3 is 1. The third-order valence-corrected chi connectivity index (χ3v) is 7.09. The zero-order chi connectivity index (χ0) is 24.9. The van der Waals surface area contributed by atoms with E-state index in [1.54, 1.807) is 55.5 Å². The molecule has 176 valence electrons. The van der Waals surface area contributed by atoms with Gasteiger partial charge in [-0.15, -0.1) is 0 Å². The minimum Gasteiger partial charge on any atom is -0.503 e. The number of hydrogen-bond donors (Lipinski definition) is 1. The molecule has 1 atom stereocenters. The molecule has 0 fully saturated rings. The number of anilines is 1. The summed E-state index contributed by atoms with van der Waals surface area (Å²) in [6.45, 7) is 3.10. The first-order chi connectivity index (χ1) is 16.8. The fraction of sp³-hybridized carbons (Fsp3) is 0.154. The van der Waals surface area contributed by atoms with Crippen LogP contribution in [0.2, 0.25) is 0 Å². The number of fused-ring (bicyclic) bond motifs is 1. The van der Waals surface area contributed by atoms with Crippen LogP contribution < -0.4 is 9.64 Å². The number of furan rings is 1. The number of carbonyl (C=O) groups excluding carboxylic acids is 3. The molecular weight excluding hydrogens is 468 g/mol. The van der Waals surface area contributed by atoms with E-state index in [1.165, 1.54) is 18.9 Å². The number of ketones is 2. The molecule has 1 amide bonds. The number of aromatic nitrogens is 1. The fourth-order valence-electron chi connectivity index (χ4n) is 4.24. The molecule has 0 bridgehead atoms. The monoisotopic (exact) mass is 488 g/mol. The Labute approximate surface area is 204 Å². The van der Waals surface area contributed by atoms with Crippen molar-refractivity contribution in [1.82, 2.24) is 4.98 Å². The summed E-state index contributed by atoms with van der Waals surface area (Å²) in [5.41, 5.74) is 1.33. The van der Waals surface area contributed by atoms with Gasteiger partial charge in [-0.3, -0.25) is 19.3 Å². The number of para-hydroxylation sites is 1. The molecule has 1 aliphatic rings. The van der Waals surface area contributed by atoms with Crippen LogP contribution in [0.1, 0.15) is 44.4 Å². The molecule has 1 aliphatic heterocycles. The normalized spacial score (nSPS) is 15.8. The van der Waals surface area contributed by atoms with E-state index >= 15 is 0 Å². The number of thiazole rings is 1. The van der Waals surface area contributed by atoms with Gasteiger partial charge >= 0.3 is 0 Å². The molecule has 9 heteroatoms. The van der Waals surface area contributed by atoms with Gasteiger partial charge in [0.1, 0.15) is 0 Å². The van der Waals surface area contributed by atoms with E-state index in [0.29, 0.717) is 32.9 Å². The second-order valence-electron chi connectivity index (χ2n) is 8.04. The fourth-order valence-corrected chi connectivity index (χ4v) is 5.23. The summed E-state index contributed by atoms with van der Waals surface area (Å²) in [7, 11) is 1.50. The summed E-state index contributed by atoms with van der Waals surface area (Å²) < 4.78 is 11.1. The first-order valence-electron chi connectivity index (χ1n) is 10.7. The maximum Gasteiger partial charge on any atom is 0.296 e. The molecular formula is C26H20N2O6S. The molecule has 2 aromatic heterocycles. The Kier molecular flexibility index (Phi) is 5.49. The smallest absolute Gasteiger partial charge is 0.296 e. The van der Waals surface area contributed by atoms with Gasteiger partial charge in [0.2, 0.25) is 5.78 Å². The van der Waals surface area contributed by atoms with Crippen molar-refractivity contribution in [3.05, 3.63) is 87.8 Å². The van der Waals surface area contributed by atoms with Crippen molar-refractivity contribution < 1.29 is 28.6 Å². The predicted octanol–water partition coefficient (Wildman–Crippen LogP) is 5.19. The zero-order valence-electron chi connectivity index (χ0n) is 19.1. The van der Waals surface area contributed by atoms with Gasteiger partial charge in [0.25, 0.3) is 5.91 Å². The molecule has 0 spiro atoms. The van der Waals surface area contributed by atoms with Gasteiger partial charge in [-0.05, 0) is 24.6 Å². The third kappa shape index (κ3) is 3.60. The lowest BCUT2D eigenvalue weighted by molar-refractivity contribution is -0.117. The molecule has 1 N–H and O–H groups in total. The molecule has 0 saturated heterocycles. The van der Waals surface area contributed by atoms with Crippen LogP contribution in [0.3, 0.4) is 0 Å². The van der Waals surface area contributed by atoms with Crippen LogP contribution in [-0.4, -0.2) is 34.7 Å². The number of carbonyl (C=O) groups is 3. The molecule has 0 aliphatic carbocycles. The van der Waals surface area contributed by atoms with E-state index in [4.69, 9.17) is 9.15 Å². The van der Waals surface area contributed by atoms with Crippen molar-refractivity contribution in [1.29, 1.82) is 0 Å². The van der Waals surface area contributed by atoms with Crippen molar-refractivity contribution in [2.45, 2.75) is 19.9 Å². The standard InChI is InChI=1S/C26H20N2O6S/c1-13-24(14(2)29)35-26(27-13)28-20(15-8-5-4-6-9-15)19(22(31)25(28)32)21(30)18-12-16-10-7-11-17(33-3)23(16)34-18/h4-12,20,31H,1-3H3. The summed E-state index contributed by atoms with van der Waals surface area (Å²) in [5, 5.41) is 11.8. The Morgan fingerprint density at radius 3 is 2.54 bits per heavy atom. The van der Waals surface area contributed by atoms with Crippen molar-refractivity contribution in [2.24, 2.45) is 0 Å². The largest absolute Gasteiger partial charge is 0.503 e. The van der Waals surface area contributed by atoms with Gasteiger partial charge in [-0.1, -0.05) is 53.8 Å². The van der Waals surface area contributed by atoms with Crippen LogP contribution in [0.15, 0.2) is 70.3 Å². The van der Waals surface area contributed by atoms with Crippen molar-refractivity contribution in [3.8, 4) is 5.75 Å². The molecule has 5 rings (SSSR count). The van der Waals surface area contributed by atoms with Gasteiger partial charge in [-0.2, -0.15) is 0 Å². The maximum absolute atomic E-state index is 13.7. The average molecular weight is 489 g/mol. The lowest BCUT2D eigenvalue weighted by Crippen LogP contribution is -2.31. The highest BCUT2D eigenvalue weighted by Crippen LogP contribution is 2.44. The minimum atomic E-state index is -0.961. The first kappa shape index (κ1) is 22.5. The Morgan fingerprint density at radius 1 is 1.14 bits per heavy atom. The Bertz CT molecular complexity index is 1530. The molecule has 1 unspecified atom stereocenters. The van der Waals surface area contributed by atoms with Crippen LogP contribution in [0.25, 0.3) is 11.0 Å². The predicted molar refractivity (Wildman–Crippen MR) is 130 cm³/mol. The van der Waals surface area contributed by atoms with Crippen LogP contribution in [0.5, 0.6) is 5.75 Å². The number of aliphatic hydroxyl groups is 1. The highest BCUT2D eigenvalue weighted by Gasteiger charge is 2.46. The molecule has 0 saturated carbocycles. The molecule has 0 radical (unpaired) electrons. The van der Waals surface area contributed by atoms with E-state index in [1.807, 2.05) is 6.07 Å². The summed E-state index contributed by atoms with van der Waals surface area (Å²) in [5.74, 6) is -1.86. The van der Waals surface area contributed by atoms with Gasteiger partial charge in [0, 0.05) is 12.3 Å². The number of rotatable bonds is 6. The van der Waals surface area contributed by atoms with E-state index in [2.05, 4.69) is 4.98 Å². The molecule has 2 aromatic carbocycles. The van der Waals surface area contributed by atoms with Gasteiger partial charge in [0.05, 0.1) is 29.3 Å². The molecule has 8 nitrogen and oxygen atoms in total. The number of hydrogen-bond acceptors (Lipinski definition) is 8. The summed E-state index contributed by atoms with van der Waals surface area (Å²) in [6.07, 6.45) is 0. The number of aliphatic hydroxyl groups excluding tert-OH is 1. The van der Waals surface area contributed by atoms with E-state index < -0.39 is 23.5 Å². The van der Waals surface area contributed by atoms with Crippen molar-refractivity contribution >= 4 is 44.9 Å². The van der Waals surface area contributed by atoms with Gasteiger partial charge in [0.15, 0.2) is 33.8 Å². The highest BCUT2D eigenvalue weighted by molar-refractivity contribution is 7.17. The van der Waals surface area contributed by atoms with E-state index in [9.17, 15) is 19.5 Å². The number of benzene rings is 2. The van der Waals surface area contributed by atoms with Crippen LogP contribution >= 0.6 is 11.3 Å². The highest BCUT2D eigenvalue weighted by atomic mass is 32.1. The zero-order valence-corrected chi connectivity index (χ0v) is 19.9. The van der Waals surface area contributed by atoms with Gasteiger partial charge < -0.3 is 14.3 Å². The van der Waals surface area contributed by atoms with Crippen molar-refractivity contribution in [2.75, 3.05) is 12.0 Å². The number of aryl methyl sites for hydroxylation is 1. The van der Waals surface area contributed by atoms with Crippen molar-refractivity contribution in [3.63, 3.8) is 0 Å². The van der Waals surface area contributed by atoms with Crippen LogP contribution in [0.4, 0.5) is 5.13 Å². The van der Waals surface area contributed by atoms with Crippen LogP contribution in [-0.2, 0) is 4.79 Å². The average Bonchev–Trinajstić information content (AvgIpc) is 3.53. The molecule has 35 heavy (non-hydrogen) atoms. The quantitative estimate of drug-likeness (QED) is 0.372. The second kappa shape index (κ2) is 8.52. The maximum atomic E-state index is 13.7. The SMILES string of the molecule is COc1cccc2cc(C(=O)C3=C(O)C(=O)N(c4nc(C)c(C(C)=O)s4)C3c3ccccc3)oc12. The molecule has 3 heterocycles. The third-order valence-electron chi connectivity index (χ3n) is 5.83. The second-order valence-corrected chi connectivity index (χ2v) is 9.01. The lowest BCUT2D eigenvalue weighted by Gasteiger charge is -2.24. The minimum absolute atomic E-state index is 0.0404. The molecule has 4 aromatic rings. The van der Waals surface area contributed by atoms with Crippen LogP contribution in [0, 0.1) is 6.92 Å². The summed E-state index contributed by atoms with van der Waals surface area (Å²) in [4.78, 5) is 45.1. The van der Waals surface area contributed by atoms with E-state index in [0.717, 1.165) is 11.3 Å². The number of ether oxygens (including phenoxy) is 1. The first-order valence-corrected chi connectivity index (χ1v) is 11.5. The Morgan fingerprint density at radius 2 is 1.89 bits per heavy atom. The van der Waals surface area contributed by atoms with E-state index in [-0.39, 0.29) is 22.2 Å². The topological polar surface area (TPSA) is 110 Å². The Balaban J connectivity index is 1.66. The Hall–Kier alpha value is -4.24. The number of nitrogens with zero attached hydrogens (tertiary/aromatic N) is 2. The number of amides is 1. The summed E-state index contributed by atoms with van der Waals surface area (Å²) >= 11 is 1.04. The lowest BCUT2D eigenvalue weighted by atomic mass is 9.95. The van der Waals surface area contributed by atoms with Gasteiger partial charge in [-0.25, -0.2) is 4.98 Å². The number of Topliss-reactive ketones (excluding diaryl/α,β-unsaturated/α-hetero) is 2.